The van der Waals surface area contributed by atoms with E-state index in [-0.39, 0.29) is 0 Å². The lowest BCUT2D eigenvalue weighted by Gasteiger charge is -2.03. The quantitative estimate of drug-likeness (QED) is 0.673. The minimum Gasteiger partial charge on any atom is -0.328 e. The average Bonchev–Trinajstić information content (AvgIpc) is 2.09. The fourth-order valence-corrected chi connectivity index (χ4v) is 0.992. The second-order valence-electron chi connectivity index (χ2n) is 2.29. The van der Waals surface area contributed by atoms with Crippen LogP contribution in [0.4, 0.5) is 5.69 Å². The third-order valence-corrected chi connectivity index (χ3v) is 1.54. The molecular formula is C9H9NO2. The Bertz CT molecular complexity index is 255. The molecule has 0 heterocycles. The standard InChI is InChI=1S/C9H9NO2/c11-6-5-8-3-1-2-4-9(8)10-7-12/h1-4,6-7H,5H2,(H,10,12). The van der Waals surface area contributed by atoms with Crippen LogP contribution < -0.4 is 5.32 Å². The zero-order valence-electron chi connectivity index (χ0n) is 6.49. The third kappa shape index (κ3) is 1.92. The van der Waals surface area contributed by atoms with Gasteiger partial charge in [0, 0.05) is 12.1 Å². The molecule has 0 aliphatic heterocycles. The van der Waals surface area contributed by atoms with Gasteiger partial charge in [-0.15, -0.1) is 0 Å². The van der Waals surface area contributed by atoms with Gasteiger partial charge < -0.3 is 10.1 Å². The van der Waals surface area contributed by atoms with Crippen LogP contribution in [0.2, 0.25) is 0 Å². The van der Waals surface area contributed by atoms with Gasteiger partial charge in [-0.3, -0.25) is 4.79 Å². The summed E-state index contributed by atoms with van der Waals surface area (Å²) in [6.07, 6.45) is 1.74. The van der Waals surface area contributed by atoms with E-state index in [2.05, 4.69) is 5.32 Å². The normalized spacial score (nSPS) is 9.00. The molecule has 0 aliphatic carbocycles. The molecule has 1 aromatic rings. The van der Waals surface area contributed by atoms with Crippen LogP contribution in [0.5, 0.6) is 0 Å². The van der Waals surface area contributed by atoms with E-state index in [0.717, 1.165) is 11.8 Å². The first-order valence-electron chi connectivity index (χ1n) is 3.60. The Morgan fingerprint density at radius 2 is 2.00 bits per heavy atom. The van der Waals surface area contributed by atoms with Crippen molar-refractivity contribution in [3.63, 3.8) is 0 Å². The summed E-state index contributed by atoms with van der Waals surface area (Å²) in [4.78, 5) is 20.3. The van der Waals surface area contributed by atoms with E-state index in [4.69, 9.17) is 0 Å². The number of carbonyl (C=O) groups is 2. The summed E-state index contributed by atoms with van der Waals surface area (Å²) < 4.78 is 0. The Morgan fingerprint density at radius 1 is 1.25 bits per heavy atom. The molecule has 0 radical (unpaired) electrons. The summed E-state index contributed by atoms with van der Waals surface area (Å²) in [5.74, 6) is 0. The molecule has 0 spiro atoms. The molecule has 0 aliphatic rings. The van der Waals surface area contributed by atoms with Crippen LogP contribution in [0, 0.1) is 0 Å². The van der Waals surface area contributed by atoms with Crippen molar-refractivity contribution in [1.82, 2.24) is 0 Å². The molecule has 0 atom stereocenters. The molecule has 1 rings (SSSR count). The van der Waals surface area contributed by atoms with Gasteiger partial charge in [-0.25, -0.2) is 0 Å². The van der Waals surface area contributed by atoms with E-state index in [9.17, 15) is 9.59 Å². The second kappa shape index (κ2) is 4.28. The molecule has 3 nitrogen and oxygen atoms in total. The highest BCUT2D eigenvalue weighted by molar-refractivity contribution is 5.75. The number of benzene rings is 1. The Hall–Kier alpha value is -1.64. The van der Waals surface area contributed by atoms with Gasteiger partial charge in [0.2, 0.25) is 6.41 Å². The maximum Gasteiger partial charge on any atom is 0.211 e. The maximum absolute atomic E-state index is 10.2. The Morgan fingerprint density at radius 3 is 2.67 bits per heavy atom. The number of hydrogen-bond donors (Lipinski definition) is 1. The summed E-state index contributed by atoms with van der Waals surface area (Å²) in [5.41, 5.74) is 1.53. The highest BCUT2D eigenvalue weighted by Gasteiger charge is 1.97. The maximum atomic E-state index is 10.2. The van der Waals surface area contributed by atoms with Crippen molar-refractivity contribution in [2.24, 2.45) is 0 Å². The first-order chi connectivity index (χ1) is 5.88. The van der Waals surface area contributed by atoms with E-state index in [0.29, 0.717) is 18.5 Å². The Kier molecular flexibility index (Phi) is 3.02. The number of rotatable bonds is 4. The van der Waals surface area contributed by atoms with Crippen molar-refractivity contribution in [3.8, 4) is 0 Å². The molecule has 0 unspecified atom stereocenters. The van der Waals surface area contributed by atoms with E-state index in [1.165, 1.54) is 0 Å². The van der Waals surface area contributed by atoms with Gasteiger partial charge in [0.15, 0.2) is 0 Å². The van der Waals surface area contributed by atoms with Crippen molar-refractivity contribution in [3.05, 3.63) is 29.8 Å². The zero-order chi connectivity index (χ0) is 8.81. The van der Waals surface area contributed by atoms with Gasteiger partial charge in [-0.2, -0.15) is 0 Å². The van der Waals surface area contributed by atoms with E-state index in [1.807, 2.05) is 6.07 Å². The number of amides is 1. The van der Waals surface area contributed by atoms with Gasteiger partial charge >= 0.3 is 0 Å². The number of anilines is 1. The van der Waals surface area contributed by atoms with Crippen molar-refractivity contribution in [2.45, 2.75) is 6.42 Å². The molecule has 0 saturated carbocycles. The van der Waals surface area contributed by atoms with E-state index >= 15 is 0 Å². The number of hydrogen-bond acceptors (Lipinski definition) is 2. The van der Waals surface area contributed by atoms with Gasteiger partial charge in [0.1, 0.15) is 6.29 Å². The van der Waals surface area contributed by atoms with Crippen LogP contribution in [-0.4, -0.2) is 12.7 Å². The minimum atomic E-state index is 0.330. The highest BCUT2D eigenvalue weighted by atomic mass is 16.1. The van der Waals surface area contributed by atoms with Gasteiger partial charge in [-0.1, -0.05) is 18.2 Å². The predicted octanol–water partition coefficient (Wildman–Crippen LogP) is 0.996. The molecule has 62 valence electrons. The molecule has 0 aromatic heterocycles. The minimum absolute atomic E-state index is 0.330. The molecule has 1 aromatic carbocycles. The SMILES string of the molecule is O=CCc1ccccc1NC=O. The fourth-order valence-electron chi connectivity index (χ4n) is 0.992. The number of para-hydroxylation sites is 1. The van der Waals surface area contributed by atoms with E-state index < -0.39 is 0 Å². The van der Waals surface area contributed by atoms with Gasteiger partial charge in [0.05, 0.1) is 0 Å². The van der Waals surface area contributed by atoms with Crippen LogP contribution in [0.15, 0.2) is 24.3 Å². The van der Waals surface area contributed by atoms with Crippen LogP contribution in [-0.2, 0) is 16.0 Å². The lowest BCUT2D eigenvalue weighted by Crippen LogP contribution is -1.98. The Labute approximate surface area is 70.4 Å². The molecule has 12 heavy (non-hydrogen) atoms. The van der Waals surface area contributed by atoms with Crippen LogP contribution in [0.25, 0.3) is 0 Å². The van der Waals surface area contributed by atoms with Crippen molar-refractivity contribution in [2.75, 3.05) is 5.32 Å². The topological polar surface area (TPSA) is 46.2 Å². The third-order valence-electron chi connectivity index (χ3n) is 1.54. The number of aldehydes is 1. The molecule has 0 saturated heterocycles. The summed E-state index contributed by atoms with van der Waals surface area (Å²) in [5, 5.41) is 2.52. The Balaban J connectivity index is 2.90. The number of nitrogens with one attached hydrogen (secondary N) is 1. The average molecular weight is 163 g/mol. The first kappa shape index (κ1) is 8.46. The molecule has 1 N–H and O–H groups in total. The summed E-state index contributed by atoms with van der Waals surface area (Å²) in [6, 6.07) is 7.20. The molecular weight excluding hydrogens is 154 g/mol. The molecule has 0 bridgehead atoms. The van der Waals surface area contributed by atoms with Crippen molar-refractivity contribution in [1.29, 1.82) is 0 Å². The molecule has 3 heteroatoms. The summed E-state index contributed by atoms with van der Waals surface area (Å²) in [7, 11) is 0. The first-order valence-corrected chi connectivity index (χ1v) is 3.60. The number of carbonyl (C=O) groups excluding carboxylic acids is 2. The lowest BCUT2D eigenvalue weighted by atomic mass is 10.1. The predicted molar refractivity (Wildman–Crippen MR) is 45.9 cm³/mol. The van der Waals surface area contributed by atoms with Gasteiger partial charge in [-0.05, 0) is 11.6 Å². The van der Waals surface area contributed by atoms with Crippen LogP contribution >= 0.6 is 0 Å². The summed E-state index contributed by atoms with van der Waals surface area (Å²) in [6.45, 7) is 0. The van der Waals surface area contributed by atoms with Gasteiger partial charge in [0.25, 0.3) is 0 Å². The van der Waals surface area contributed by atoms with Crippen LogP contribution in [0.1, 0.15) is 5.56 Å². The van der Waals surface area contributed by atoms with E-state index in [1.54, 1.807) is 18.2 Å². The summed E-state index contributed by atoms with van der Waals surface area (Å²) >= 11 is 0. The second-order valence-corrected chi connectivity index (χ2v) is 2.29. The monoisotopic (exact) mass is 163 g/mol. The smallest absolute Gasteiger partial charge is 0.211 e. The largest absolute Gasteiger partial charge is 0.328 e. The van der Waals surface area contributed by atoms with Crippen LogP contribution in [0.3, 0.4) is 0 Å². The van der Waals surface area contributed by atoms with Crippen molar-refractivity contribution < 1.29 is 9.59 Å². The molecule has 1 amide bonds. The lowest BCUT2D eigenvalue weighted by molar-refractivity contribution is -0.107. The van der Waals surface area contributed by atoms with Crippen molar-refractivity contribution >= 4 is 18.4 Å². The zero-order valence-corrected chi connectivity index (χ0v) is 6.49. The molecule has 0 fully saturated rings. The fraction of sp³-hybridized carbons (Fsp3) is 0.111. The highest BCUT2D eigenvalue weighted by Crippen LogP contribution is 2.13.